The van der Waals surface area contributed by atoms with Crippen molar-refractivity contribution in [2.75, 3.05) is 5.32 Å². The van der Waals surface area contributed by atoms with Crippen LogP contribution in [0.1, 0.15) is 43.5 Å². The predicted octanol–water partition coefficient (Wildman–Crippen LogP) is 4.47. The van der Waals surface area contributed by atoms with E-state index in [9.17, 15) is 9.59 Å². The molecule has 0 aliphatic carbocycles. The number of para-hydroxylation sites is 2. The summed E-state index contributed by atoms with van der Waals surface area (Å²) < 4.78 is 5.68. The van der Waals surface area contributed by atoms with E-state index in [2.05, 4.69) is 5.32 Å². The van der Waals surface area contributed by atoms with Crippen LogP contribution in [0.2, 0.25) is 0 Å². The maximum absolute atomic E-state index is 12.1. The van der Waals surface area contributed by atoms with Gasteiger partial charge in [-0.3, -0.25) is 9.59 Å². The van der Waals surface area contributed by atoms with E-state index < -0.39 is 0 Å². The number of amides is 1. The normalized spacial score (nSPS) is 10.5. The van der Waals surface area contributed by atoms with Gasteiger partial charge < -0.3 is 10.1 Å². The van der Waals surface area contributed by atoms with Crippen LogP contribution in [0.4, 0.5) is 5.69 Å². The van der Waals surface area contributed by atoms with E-state index in [-0.39, 0.29) is 17.8 Å². The van der Waals surface area contributed by atoms with Gasteiger partial charge in [0.15, 0.2) is 5.78 Å². The number of nitrogens with one attached hydrogen (secondary N) is 1. The van der Waals surface area contributed by atoms with E-state index >= 15 is 0 Å². The Morgan fingerprint density at radius 3 is 2.33 bits per heavy atom. The molecule has 0 aromatic heterocycles. The molecule has 126 valence electrons. The highest BCUT2D eigenvalue weighted by molar-refractivity contribution is 5.97. The number of hydrogen-bond acceptors (Lipinski definition) is 3. The number of hydrogen-bond donors (Lipinski definition) is 1. The van der Waals surface area contributed by atoms with Crippen LogP contribution in [0, 0.1) is 0 Å². The first-order valence-electron chi connectivity index (χ1n) is 8.20. The Morgan fingerprint density at radius 1 is 0.958 bits per heavy atom. The SMILES string of the molecule is CC(C)Oc1ccccc1NC(=O)CCCC(=O)c1ccccc1. The Hall–Kier alpha value is -2.62. The monoisotopic (exact) mass is 325 g/mol. The van der Waals surface area contributed by atoms with Gasteiger partial charge in [0.2, 0.25) is 5.91 Å². The Labute approximate surface area is 142 Å². The van der Waals surface area contributed by atoms with Crippen molar-refractivity contribution in [3.8, 4) is 5.75 Å². The maximum atomic E-state index is 12.1. The fourth-order valence-corrected chi connectivity index (χ4v) is 2.32. The van der Waals surface area contributed by atoms with Crippen molar-refractivity contribution < 1.29 is 14.3 Å². The molecule has 4 nitrogen and oxygen atoms in total. The van der Waals surface area contributed by atoms with Crippen LogP contribution in [0.5, 0.6) is 5.75 Å². The second-order valence-corrected chi connectivity index (χ2v) is 5.85. The molecule has 0 saturated heterocycles. The topological polar surface area (TPSA) is 55.4 Å². The van der Waals surface area contributed by atoms with E-state index in [4.69, 9.17) is 4.74 Å². The Kier molecular flexibility index (Phi) is 6.55. The highest BCUT2D eigenvalue weighted by atomic mass is 16.5. The number of carbonyl (C=O) groups is 2. The number of carbonyl (C=O) groups excluding carboxylic acids is 2. The van der Waals surface area contributed by atoms with Crippen LogP contribution < -0.4 is 10.1 Å². The molecule has 2 rings (SSSR count). The number of ether oxygens (including phenoxy) is 1. The average molecular weight is 325 g/mol. The molecular formula is C20H23NO3. The smallest absolute Gasteiger partial charge is 0.224 e. The third kappa shape index (κ3) is 5.54. The maximum Gasteiger partial charge on any atom is 0.224 e. The van der Waals surface area contributed by atoms with E-state index in [0.717, 1.165) is 0 Å². The summed E-state index contributed by atoms with van der Waals surface area (Å²) in [7, 11) is 0. The van der Waals surface area contributed by atoms with Crippen molar-refractivity contribution in [2.45, 2.75) is 39.2 Å². The fourth-order valence-electron chi connectivity index (χ4n) is 2.32. The molecule has 24 heavy (non-hydrogen) atoms. The first-order valence-corrected chi connectivity index (χ1v) is 8.20. The van der Waals surface area contributed by atoms with Gasteiger partial charge in [-0.2, -0.15) is 0 Å². The molecule has 1 N–H and O–H groups in total. The van der Waals surface area contributed by atoms with Crippen molar-refractivity contribution in [1.82, 2.24) is 0 Å². The third-order valence-electron chi connectivity index (χ3n) is 3.43. The summed E-state index contributed by atoms with van der Waals surface area (Å²) >= 11 is 0. The number of benzene rings is 2. The first-order chi connectivity index (χ1) is 11.6. The van der Waals surface area contributed by atoms with Gasteiger partial charge in [0.1, 0.15) is 5.75 Å². The molecule has 0 heterocycles. The predicted molar refractivity (Wildman–Crippen MR) is 95.5 cm³/mol. The van der Waals surface area contributed by atoms with Gasteiger partial charge in [-0.05, 0) is 32.4 Å². The summed E-state index contributed by atoms with van der Waals surface area (Å²) in [4.78, 5) is 24.1. The minimum absolute atomic E-state index is 0.0338. The van der Waals surface area contributed by atoms with Crippen LogP contribution >= 0.6 is 0 Å². The first kappa shape index (κ1) is 17.7. The molecule has 2 aromatic carbocycles. The van der Waals surface area contributed by atoms with Crippen molar-refractivity contribution >= 4 is 17.4 Å². The highest BCUT2D eigenvalue weighted by Gasteiger charge is 2.10. The van der Waals surface area contributed by atoms with Gasteiger partial charge in [0.05, 0.1) is 11.8 Å². The molecule has 0 spiro atoms. The van der Waals surface area contributed by atoms with E-state index in [1.807, 2.05) is 56.3 Å². The molecule has 4 heteroatoms. The van der Waals surface area contributed by atoms with Gasteiger partial charge in [-0.15, -0.1) is 0 Å². The van der Waals surface area contributed by atoms with Crippen LogP contribution in [-0.4, -0.2) is 17.8 Å². The molecule has 0 aliphatic heterocycles. The zero-order valence-electron chi connectivity index (χ0n) is 14.1. The van der Waals surface area contributed by atoms with Gasteiger partial charge in [0, 0.05) is 18.4 Å². The van der Waals surface area contributed by atoms with Crippen molar-refractivity contribution in [3.63, 3.8) is 0 Å². The highest BCUT2D eigenvalue weighted by Crippen LogP contribution is 2.25. The second kappa shape index (κ2) is 8.87. The Balaban J connectivity index is 1.83. The van der Waals surface area contributed by atoms with Gasteiger partial charge >= 0.3 is 0 Å². The number of Topliss-reactive ketones (excluding diaryl/α,β-unsaturated/α-hetero) is 1. The molecule has 2 aromatic rings. The summed E-state index contributed by atoms with van der Waals surface area (Å²) in [6, 6.07) is 16.5. The fraction of sp³-hybridized carbons (Fsp3) is 0.300. The van der Waals surface area contributed by atoms with Gasteiger partial charge in [-0.1, -0.05) is 42.5 Å². The lowest BCUT2D eigenvalue weighted by molar-refractivity contribution is -0.116. The van der Waals surface area contributed by atoms with Crippen LogP contribution in [0.15, 0.2) is 54.6 Å². The minimum atomic E-state index is -0.115. The second-order valence-electron chi connectivity index (χ2n) is 5.85. The molecule has 0 unspecified atom stereocenters. The minimum Gasteiger partial charge on any atom is -0.489 e. The quantitative estimate of drug-likeness (QED) is 0.729. The largest absolute Gasteiger partial charge is 0.489 e. The van der Waals surface area contributed by atoms with E-state index in [0.29, 0.717) is 36.3 Å². The lowest BCUT2D eigenvalue weighted by Gasteiger charge is -2.14. The van der Waals surface area contributed by atoms with Gasteiger partial charge in [0.25, 0.3) is 0 Å². The van der Waals surface area contributed by atoms with Crippen LogP contribution in [-0.2, 0) is 4.79 Å². The zero-order valence-corrected chi connectivity index (χ0v) is 14.1. The summed E-state index contributed by atoms with van der Waals surface area (Å²) in [6.45, 7) is 3.88. The Bertz CT molecular complexity index is 680. The molecular weight excluding hydrogens is 302 g/mol. The van der Waals surface area contributed by atoms with Gasteiger partial charge in [-0.25, -0.2) is 0 Å². The summed E-state index contributed by atoms with van der Waals surface area (Å²) in [5, 5.41) is 2.85. The lowest BCUT2D eigenvalue weighted by atomic mass is 10.1. The Morgan fingerprint density at radius 2 is 1.62 bits per heavy atom. The van der Waals surface area contributed by atoms with Crippen molar-refractivity contribution in [1.29, 1.82) is 0 Å². The standard InChI is InChI=1S/C20H23NO3/c1-15(2)24-19-13-7-6-11-17(19)21-20(23)14-8-12-18(22)16-9-4-3-5-10-16/h3-7,9-11,13,15H,8,12,14H2,1-2H3,(H,21,23). The third-order valence-corrected chi connectivity index (χ3v) is 3.43. The van der Waals surface area contributed by atoms with Crippen molar-refractivity contribution in [3.05, 3.63) is 60.2 Å². The summed E-state index contributed by atoms with van der Waals surface area (Å²) in [5.41, 5.74) is 1.35. The summed E-state index contributed by atoms with van der Waals surface area (Å²) in [5.74, 6) is 0.601. The number of ketones is 1. The van der Waals surface area contributed by atoms with Crippen LogP contribution in [0.25, 0.3) is 0 Å². The molecule has 1 amide bonds. The average Bonchev–Trinajstić information content (AvgIpc) is 2.57. The molecule has 0 radical (unpaired) electrons. The van der Waals surface area contributed by atoms with E-state index in [1.165, 1.54) is 0 Å². The molecule has 0 atom stereocenters. The molecule has 0 bridgehead atoms. The van der Waals surface area contributed by atoms with Crippen molar-refractivity contribution in [2.24, 2.45) is 0 Å². The van der Waals surface area contributed by atoms with Crippen LogP contribution in [0.3, 0.4) is 0 Å². The summed E-state index contributed by atoms with van der Waals surface area (Å²) in [6.07, 6.45) is 1.22. The molecule has 0 aliphatic rings. The molecule has 0 fully saturated rings. The van der Waals surface area contributed by atoms with E-state index in [1.54, 1.807) is 12.1 Å². The number of rotatable bonds is 8. The number of anilines is 1. The zero-order chi connectivity index (χ0) is 17.4. The molecule has 0 saturated carbocycles. The lowest BCUT2D eigenvalue weighted by Crippen LogP contribution is -2.14.